The molecule has 5 nitrogen and oxygen atoms in total. The lowest BCUT2D eigenvalue weighted by Crippen LogP contribution is -2.63. The van der Waals surface area contributed by atoms with Gasteiger partial charge in [0.25, 0.3) is 0 Å². The van der Waals surface area contributed by atoms with Crippen LogP contribution in [0.4, 0.5) is 4.79 Å². The zero-order chi connectivity index (χ0) is 13.6. The van der Waals surface area contributed by atoms with Gasteiger partial charge in [-0.25, -0.2) is 4.79 Å². The molecule has 1 N–H and O–H groups in total. The van der Waals surface area contributed by atoms with Gasteiger partial charge in [-0.3, -0.25) is 4.90 Å². The Labute approximate surface area is 112 Å². The summed E-state index contributed by atoms with van der Waals surface area (Å²) in [5.41, 5.74) is 0.373. The number of carbonyl (C=O) groups is 1. The second-order valence-corrected chi connectivity index (χ2v) is 5.15. The highest BCUT2D eigenvalue weighted by Crippen LogP contribution is 2.47. The van der Waals surface area contributed by atoms with E-state index < -0.39 is 5.72 Å². The first-order valence-electron chi connectivity index (χ1n) is 6.54. The normalized spacial score (nSPS) is 28.3. The van der Waals surface area contributed by atoms with Gasteiger partial charge in [0.2, 0.25) is 0 Å². The lowest BCUT2D eigenvalue weighted by atomic mass is 9.90. The van der Waals surface area contributed by atoms with Crippen LogP contribution < -0.4 is 14.8 Å². The maximum atomic E-state index is 11.9. The van der Waals surface area contributed by atoms with E-state index in [1.54, 1.807) is 11.9 Å². The quantitative estimate of drug-likeness (QED) is 0.889. The van der Waals surface area contributed by atoms with Crippen molar-refractivity contribution in [3.05, 3.63) is 23.8 Å². The van der Waals surface area contributed by atoms with Crippen molar-refractivity contribution in [3.63, 3.8) is 0 Å². The largest absolute Gasteiger partial charge is 0.490 e. The van der Waals surface area contributed by atoms with Crippen LogP contribution in [0, 0.1) is 0 Å². The third kappa shape index (κ3) is 1.72. The summed E-state index contributed by atoms with van der Waals surface area (Å²) in [4.78, 5) is 13.5. The number of amides is 2. The van der Waals surface area contributed by atoms with Crippen LogP contribution in [-0.4, -0.2) is 30.3 Å². The lowest BCUT2D eigenvalue weighted by molar-refractivity contribution is -0.0734. The summed E-state index contributed by atoms with van der Waals surface area (Å²) in [5, 5.41) is 3.00. The predicted octanol–water partition coefficient (Wildman–Crippen LogP) is 2.28. The Morgan fingerprint density at radius 3 is 3.11 bits per heavy atom. The average Bonchev–Trinajstić information content (AvgIpc) is 2.38. The van der Waals surface area contributed by atoms with Crippen LogP contribution in [0.2, 0.25) is 0 Å². The van der Waals surface area contributed by atoms with Crippen molar-refractivity contribution in [1.82, 2.24) is 10.2 Å². The van der Waals surface area contributed by atoms with Crippen molar-refractivity contribution in [2.24, 2.45) is 0 Å². The van der Waals surface area contributed by atoms with Gasteiger partial charge in [-0.2, -0.15) is 0 Å². The van der Waals surface area contributed by atoms with Gasteiger partial charge in [0.05, 0.1) is 12.6 Å². The van der Waals surface area contributed by atoms with Gasteiger partial charge in [0.1, 0.15) is 0 Å². The second kappa shape index (κ2) is 4.05. The molecule has 0 aromatic heterocycles. The van der Waals surface area contributed by atoms with Crippen LogP contribution >= 0.6 is 0 Å². The molecule has 2 bridgehead atoms. The molecule has 2 atom stereocenters. The third-order valence-electron chi connectivity index (χ3n) is 3.90. The molecule has 2 heterocycles. The fraction of sp³-hybridized carbons (Fsp3) is 0.500. The SMILES string of the molecule is CCOc1cccc2c1OC1(C)CC2NC(=O)N1C. The molecule has 0 aliphatic carbocycles. The number of nitrogens with zero attached hydrogens (tertiary/aromatic N) is 1. The number of hydrogen-bond acceptors (Lipinski definition) is 3. The van der Waals surface area contributed by atoms with Crippen LogP contribution in [0.25, 0.3) is 0 Å². The number of urea groups is 1. The van der Waals surface area contributed by atoms with Crippen molar-refractivity contribution in [1.29, 1.82) is 0 Å². The van der Waals surface area contributed by atoms with Crippen molar-refractivity contribution in [2.45, 2.75) is 32.0 Å². The predicted molar refractivity (Wildman–Crippen MR) is 70.3 cm³/mol. The Bertz CT molecular complexity index is 531. The highest BCUT2D eigenvalue weighted by atomic mass is 16.5. The highest BCUT2D eigenvalue weighted by molar-refractivity contribution is 5.77. The van der Waals surface area contributed by atoms with Gasteiger partial charge in [0.15, 0.2) is 17.2 Å². The number of nitrogens with one attached hydrogen (secondary N) is 1. The molecule has 3 rings (SSSR count). The smallest absolute Gasteiger partial charge is 0.320 e. The number of para-hydroxylation sites is 1. The van der Waals surface area contributed by atoms with Crippen molar-refractivity contribution >= 4 is 6.03 Å². The Hall–Kier alpha value is -1.91. The van der Waals surface area contributed by atoms with Crippen molar-refractivity contribution < 1.29 is 14.3 Å². The van der Waals surface area contributed by atoms with Crippen LogP contribution in [0.15, 0.2) is 18.2 Å². The van der Waals surface area contributed by atoms with Crippen LogP contribution in [0.1, 0.15) is 31.9 Å². The molecule has 102 valence electrons. The minimum Gasteiger partial charge on any atom is -0.490 e. The molecule has 2 amide bonds. The number of ether oxygens (including phenoxy) is 2. The summed E-state index contributed by atoms with van der Waals surface area (Å²) in [5.74, 6) is 1.48. The molecule has 19 heavy (non-hydrogen) atoms. The molecule has 2 aliphatic heterocycles. The molecular formula is C14H18N2O3. The first-order chi connectivity index (χ1) is 9.05. The van der Waals surface area contributed by atoms with Crippen LogP contribution in [0.3, 0.4) is 0 Å². The van der Waals surface area contributed by atoms with Gasteiger partial charge < -0.3 is 14.8 Å². The highest BCUT2D eigenvalue weighted by Gasteiger charge is 2.48. The number of fused-ring (bicyclic) bond motifs is 4. The molecule has 0 radical (unpaired) electrons. The summed E-state index contributed by atoms with van der Waals surface area (Å²) in [6, 6.07) is 5.69. The number of carbonyl (C=O) groups excluding carboxylic acids is 1. The average molecular weight is 262 g/mol. The summed E-state index contributed by atoms with van der Waals surface area (Å²) < 4.78 is 11.7. The minimum atomic E-state index is -0.618. The van der Waals surface area contributed by atoms with Gasteiger partial charge >= 0.3 is 6.03 Å². The van der Waals surface area contributed by atoms with E-state index in [9.17, 15) is 4.79 Å². The summed E-state index contributed by atoms with van der Waals surface area (Å²) >= 11 is 0. The monoisotopic (exact) mass is 262 g/mol. The molecule has 2 unspecified atom stereocenters. The van der Waals surface area contributed by atoms with E-state index in [0.717, 1.165) is 23.5 Å². The Kier molecular flexibility index (Phi) is 2.59. The number of benzene rings is 1. The van der Waals surface area contributed by atoms with E-state index in [1.807, 2.05) is 32.0 Å². The van der Waals surface area contributed by atoms with E-state index >= 15 is 0 Å². The number of rotatable bonds is 2. The van der Waals surface area contributed by atoms with E-state index in [1.165, 1.54) is 0 Å². The molecule has 0 saturated carbocycles. The molecule has 1 saturated heterocycles. The topological polar surface area (TPSA) is 50.8 Å². The summed E-state index contributed by atoms with van der Waals surface area (Å²) in [7, 11) is 1.75. The Morgan fingerprint density at radius 2 is 2.37 bits per heavy atom. The minimum absolute atomic E-state index is 0.0159. The Balaban J connectivity index is 2.09. The van der Waals surface area contributed by atoms with Crippen LogP contribution in [-0.2, 0) is 0 Å². The first-order valence-corrected chi connectivity index (χ1v) is 6.54. The zero-order valence-electron chi connectivity index (χ0n) is 11.4. The molecule has 1 aromatic rings. The molecule has 1 fully saturated rings. The van der Waals surface area contributed by atoms with Crippen LogP contribution in [0.5, 0.6) is 11.5 Å². The molecule has 2 aliphatic rings. The molecule has 5 heteroatoms. The maximum absolute atomic E-state index is 11.9. The standard InChI is InChI=1S/C14H18N2O3/c1-4-18-11-7-5-6-9-10-8-14(2,19-12(9)11)16(3)13(17)15-10/h5-7,10H,4,8H2,1-3H3,(H,15,17). The number of hydrogen-bond donors (Lipinski definition) is 1. The third-order valence-corrected chi connectivity index (χ3v) is 3.90. The molecule has 0 spiro atoms. The summed E-state index contributed by atoms with van der Waals surface area (Å²) in [6.45, 7) is 4.46. The van der Waals surface area contributed by atoms with E-state index in [-0.39, 0.29) is 12.1 Å². The van der Waals surface area contributed by atoms with Gasteiger partial charge in [-0.05, 0) is 19.9 Å². The Morgan fingerprint density at radius 1 is 1.58 bits per heavy atom. The van der Waals surface area contributed by atoms with Gasteiger partial charge in [0, 0.05) is 19.0 Å². The van der Waals surface area contributed by atoms with E-state index in [0.29, 0.717) is 6.61 Å². The maximum Gasteiger partial charge on any atom is 0.320 e. The molecule has 1 aromatic carbocycles. The fourth-order valence-corrected chi connectivity index (χ4v) is 2.73. The summed E-state index contributed by atoms with van der Waals surface area (Å²) in [6.07, 6.45) is 0.734. The van der Waals surface area contributed by atoms with E-state index in [2.05, 4.69) is 5.32 Å². The van der Waals surface area contributed by atoms with Gasteiger partial charge in [-0.15, -0.1) is 0 Å². The fourth-order valence-electron chi connectivity index (χ4n) is 2.73. The van der Waals surface area contributed by atoms with E-state index in [4.69, 9.17) is 9.47 Å². The second-order valence-electron chi connectivity index (χ2n) is 5.15. The van der Waals surface area contributed by atoms with Crippen molar-refractivity contribution in [3.8, 4) is 11.5 Å². The zero-order valence-corrected chi connectivity index (χ0v) is 11.4. The first kappa shape index (κ1) is 12.1. The molecular weight excluding hydrogens is 244 g/mol. The lowest BCUT2D eigenvalue weighted by Gasteiger charge is -2.49. The van der Waals surface area contributed by atoms with Crippen molar-refractivity contribution in [2.75, 3.05) is 13.7 Å². The van der Waals surface area contributed by atoms with Gasteiger partial charge in [-0.1, -0.05) is 12.1 Å².